The van der Waals surface area contributed by atoms with Crippen molar-refractivity contribution in [2.75, 3.05) is 20.1 Å². The molecule has 0 spiro atoms. The molecule has 1 aliphatic heterocycles. The number of hydrogen-bond donors (Lipinski definition) is 2. The van der Waals surface area contributed by atoms with Crippen molar-refractivity contribution in [1.29, 1.82) is 0 Å². The molecule has 1 aromatic carbocycles. The van der Waals surface area contributed by atoms with Gasteiger partial charge in [0.05, 0.1) is 6.42 Å². The Hall–Kier alpha value is -3.03. The zero-order chi connectivity index (χ0) is 23.3. The summed E-state index contributed by atoms with van der Waals surface area (Å²) in [5, 5.41) is 3.52. The van der Waals surface area contributed by atoms with Crippen LogP contribution in [0.3, 0.4) is 0 Å². The van der Waals surface area contributed by atoms with Crippen molar-refractivity contribution in [1.82, 2.24) is 10.2 Å². The molecule has 4 heteroatoms. The largest absolute Gasteiger partial charge is 0.388 e. The topological polar surface area (TPSA) is 58.4 Å². The Morgan fingerprint density at radius 1 is 1.41 bits per heavy atom. The minimum Gasteiger partial charge on any atom is -0.388 e. The normalized spacial score (nSPS) is 15.3. The molecule has 0 fully saturated rings. The fourth-order valence-electron chi connectivity index (χ4n) is 3.78. The molecule has 1 unspecified atom stereocenters. The molecule has 32 heavy (non-hydrogen) atoms. The number of hydrogen-bond acceptors (Lipinski definition) is 3. The van der Waals surface area contributed by atoms with Gasteiger partial charge in [0.25, 0.3) is 0 Å². The van der Waals surface area contributed by atoms with Gasteiger partial charge in [-0.05, 0) is 43.4 Å². The first-order valence-corrected chi connectivity index (χ1v) is 11.4. The van der Waals surface area contributed by atoms with Crippen molar-refractivity contribution in [3.8, 4) is 12.3 Å². The number of carbonyl (C=O) groups excluding carboxylic acids is 1. The van der Waals surface area contributed by atoms with Crippen molar-refractivity contribution >= 4 is 11.5 Å². The van der Waals surface area contributed by atoms with Crippen molar-refractivity contribution in [2.24, 2.45) is 5.73 Å². The highest BCUT2D eigenvalue weighted by atomic mass is 16.2. The van der Waals surface area contributed by atoms with Gasteiger partial charge in [-0.25, -0.2) is 0 Å². The number of amides is 1. The summed E-state index contributed by atoms with van der Waals surface area (Å²) in [5.41, 5.74) is 12.5. The molecule has 4 nitrogen and oxygen atoms in total. The maximum atomic E-state index is 12.5. The molecule has 0 saturated carbocycles. The van der Waals surface area contributed by atoms with Gasteiger partial charge in [-0.2, -0.15) is 0 Å². The van der Waals surface area contributed by atoms with Crippen LogP contribution in [0.15, 0.2) is 65.9 Å². The summed E-state index contributed by atoms with van der Waals surface area (Å²) in [6.45, 7) is 5.67. The van der Waals surface area contributed by atoms with Crippen LogP contribution in [0.1, 0.15) is 50.2 Å². The highest BCUT2D eigenvalue weighted by Crippen LogP contribution is 2.27. The van der Waals surface area contributed by atoms with E-state index >= 15 is 0 Å². The molecular weight excluding hydrogens is 394 g/mol. The SMILES string of the molecule is C#CC/C=C(\C=C/C)CC(=O)N(C)CCC(N)/C=C\CC1=C(c2cccc(C)c2)CCN1. The number of allylic oxidation sites excluding steroid dienone is 4. The van der Waals surface area contributed by atoms with Gasteiger partial charge in [-0.3, -0.25) is 4.79 Å². The van der Waals surface area contributed by atoms with E-state index in [4.69, 9.17) is 12.2 Å². The number of nitrogens with one attached hydrogen (secondary N) is 1. The minimum absolute atomic E-state index is 0.0747. The Morgan fingerprint density at radius 2 is 2.22 bits per heavy atom. The molecule has 3 N–H and O–H groups in total. The lowest BCUT2D eigenvalue weighted by Crippen LogP contribution is -2.31. The highest BCUT2D eigenvalue weighted by Gasteiger charge is 2.15. The van der Waals surface area contributed by atoms with Gasteiger partial charge in [0, 0.05) is 44.7 Å². The molecule has 170 valence electrons. The van der Waals surface area contributed by atoms with Crippen LogP contribution in [0.5, 0.6) is 0 Å². The lowest BCUT2D eigenvalue weighted by Gasteiger charge is -2.19. The number of nitrogens with zero attached hydrogens (tertiary/aromatic N) is 1. The third-order valence-corrected chi connectivity index (χ3v) is 5.59. The fraction of sp³-hybridized carbons (Fsp3) is 0.393. The molecule has 0 aromatic heterocycles. The van der Waals surface area contributed by atoms with Crippen LogP contribution >= 0.6 is 0 Å². The number of nitrogens with two attached hydrogens (primary N) is 1. The van der Waals surface area contributed by atoms with Gasteiger partial charge in [-0.1, -0.05) is 60.2 Å². The van der Waals surface area contributed by atoms with Gasteiger partial charge in [0.1, 0.15) is 0 Å². The highest BCUT2D eigenvalue weighted by molar-refractivity contribution is 5.79. The molecule has 1 atom stereocenters. The van der Waals surface area contributed by atoms with Gasteiger partial charge in [0.2, 0.25) is 5.91 Å². The molecule has 0 bridgehead atoms. The predicted molar refractivity (Wildman–Crippen MR) is 136 cm³/mol. The van der Waals surface area contributed by atoms with Gasteiger partial charge < -0.3 is 16.0 Å². The Kier molecular flexibility index (Phi) is 10.6. The molecule has 2 rings (SSSR count). The summed E-state index contributed by atoms with van der Waals surface area (Å²) in [7, 11) is 1.83. The quantitative estimate of drug-likeness (QED) is 0.302. The number of rotatable bonds is 11. The standard InChI is InChI=1S/C28H37N3O/c1-5-7-12-23(10-6-2)21-28(32)31(4)19-17-25(29)14-9-15-27-26(16-18-30-27)24-13-8-11-22(3)20-24/h1,6,8-14,20,25,30H,7,15-19,21,29H2,2-4H3/b10-6-,14-9-,23-12+. The van der Waals surface area contributed by atoms with Crippen molar-refractivity contribution in [2.45, 2.75) is 52.0 Å². The Bertz CT molecular complexity index is 930. The Morgan fingerprint density at radius 3 is 2.94 bits per heavy atom. The van der Waals surface area contributed by atoms with E-state index in [1.807, 2.05) is 32.2 Å². The van der Waals surface area contributed by atoms with Crippen LogP contribution in [0, 0.1) is 19.3 Å². The van der Waals surface area contributed by atoms with Crippen LogP contribution in [0.4, 0.5) is 0 Å². The van der Waals surface area contributed by atoms with E-state index in [-0.39, 0.29) is 11.9 Å². The second kappa shape index (κ2) is 13.4. The number of benzene rings is 1. The number of aryl methyl sites for hydroxylation is 1. The average Bonchev–Trinajstić information content (AvgIpc) is 3.24. The number of carbonyl (C=O) groups is 1. The van der Waals surface area contributed by atoms with Crippen LogP contribution in [0.25, 0.3) is 5.57 Å². The van der Waals surface area contributed by atoms with Gasteiger partial charge >= 0.3 is 0 Å². The first kappa shape index (κ1) is 25.2. The average molecular weight is 432 g/mol. The smallest absolute Gasteiger partial charge is 0.226 e. The molecule has 0 radical (unpaired) electrons. The summed E-state index contributed by atoms with van der Waals surface area (Å²) < 4.78 is 0. The first-order valence-electron chi connectivity index (χ1n) is 11.4. The summed E-state index contributed by atoms with van der Waals surface area (Å²) in [5.74, 6) is 2.66. The predicted octanol–water partition coefficient (Wildman–Crippen LogP) is 4.74. The van der Waals surface area contributed by atoms with E-state index in [2.05, 4.69) is 54.6 Å². The third-order valence-electron chi connectivity index (χ3n) is 5.59. The second-order valence-corrected chi connectivity index (χ2v) is 8.27. The lowest BCUT2D eigenvalue weighted by molar-refractivity contribution is -0.129. The van der Waals surface area contributed by atoms with E-state index < -0.39 is 0 Å². The first-order chi connectivity index (χ1) is 15.4. The Labute approximate surface area is 194 Å². The van der Waals surface area contributed by atoms with Crippen LogP contribution in [0.2, 0.25) is 0 Å². The molecule has 1 amide bonds. The molecule has 1 heterocycles. The Balaban J connectivity index is 1.84. The van der Waals surface area contributed by atoms with E-state index in [1.54, 1.807) is 4.90 Å². The van der Waals surface area contributed by atoms with Crippen molar-refractivity contribution in [3.63, 3.8) is 0 Å². The molecule has 0 saturated heterocycles. The molecule has 1 aromatic rings. The summed E-state index contributed by atoms with van der Waals surface area (Å²) in [4.78, 5) is 14.3. The summed E-state index contributed by atoms with van der Waals surface area (Å²) in [6.07, 6.45) is 18.8. The zero-order valence-corrected chi connectivity index (χ0v) is 19.7. The molecule has 1 aliphatic rings. The van der Waals surface area contributed by atoms with Gasteiger partial charge in [-0.15, -0.1) is 12.3 Å². The van der Waals surface area contributed by atoms with Crippen LogP contribution in [-0.4, -0.2) is 37.0 Å². The molecule has 0 aliphatic carbocycles. The van der Waals surface area contributed by atoms with Crippen LogP contribution < -0.4 is 11.1 Å². The van der Waals surface area contributed by atoms with E-state index in [0.29, 0.717) is 19.4 Å². The fourth-order valence-corrected chi connectivity index (χ4v) is 3.78. The maximum Gasteiger partial charge on any atom is 0.226 e. The third kappa shape index (κ3) is 8.24. The summed E-state index contributed by atoms with van der Waals surface area (Å²) >= 11 is 0. The van der Waals surface area contributed by atoms with E-state index in [1.165, 1.54) is 22.4 Å². The van der Waals surface area contributed by atoms with E-state index in [9.17, 15) is 4.79 Å². The monoisotopic (exact) mass is 431 g/mol. The van der Waals surface area contributed by atoms with Crippen LogP contribution in [-0.2, 0) is 4.79 Å². The summed E-state index contributed by atoms with van der Waals surface area (Å²) in [6, 6.07) is 8.59. The van der Waals surface area contributed by atoms with Crippen molar-refractivity contribution in [3.05, 3.63) is 77.0 Å². The van der Waals surface area contributed by atoms with Gasteiger partial charge in [0.15, 0.2) is 0 Å². The minimum atomic E-state index is -0.0818. The maximum absolute atomic E-state index is 12.5. The zero-order valence-electron chi connectivity index (χ0n) is 19.7. The number of terminal acetylenes is 1. The second-order valence-electron chi connectivity index (χ2n) is 8.27. The van der Waals surface area contributed by atoms with Crippen molar-refractivity contribution < 1.29 is 4.79 Å². The molecular formula is C28H37N3O. The lowest BCUT2D eigenvalue weighted by atomic mass is 10.00. The van der Waals surface area contributed by atoms with E-state index in [0.717, 1.165) is 31.4 Å².